The number of pyridine rings is 1. The van der Waals surface area contributed by atoms with Crippen molar-refractivity contribution in [3.8, 4) is 11.1 Å². The average molecular weight is 445 g/mol. The van der Waals surface area contributed by atoms with Crippen molar-refractivity contribution in [2.75, 3.05) is 4.90 Å². The molecule has 174 valence electrons. The van der Waals surface area contributed by atoms with E-state index in [4.69, 9.17) is 5.11 Å². The number of nitrogens with zero attached hydrogens (tertiary/aromatic N) is 2. The highest BCUT2D eigenvalue weighted by Gasteiger charge is 2.28. The zero-order chi connectivity index (χ0) is 24.5. The molecule has 1 aliphatic heterocycles. The van der Waals surface area contributed by atoms with Crippen LogP contribution in [0.15, 0.2) is 79.3 Å². The predicted octanol–water partition coefficient (Wildman–Crippen LogP) is 7.70. The first kappa shape index (κ1) is 25.9. The normalized spacial score (nSPS) is 16.4. The van der Waals surface area contributed by atoms with Gasteiger partial charge in [-0.1, -0.05) is 51.6 Å². The van der Waals surface area contributed by atoms with Gasteiger partial charge in [0.2, 0.25) is 0 Å². The van der Waals surface area contributed by atoms with E-state index in [0.717, 1.165) is 23.2 Å². The van der Waals surface area contributed by atoms with Gasteiger partial charge in [0.25, 0.3) is 0 Å². The maximum Gasteiger partial charge on any atom is 0.335 e. The predicted molar refractivity (Wildman–Crippen MR) is 139 cm³/mol. The van der Waals surface area contributed by atoms with Gasteiger partial charge in [-0.2, -0.15) is 0 Å². The fraction of sp³-hybridized carbons (Fsp3) is 0.310. The van der Waals surface area contributed by atoms with Crippen LogP contribution in [0.3, 0.4) is 0 Å². The molecule has 0 aliphatic carbocycles. The first-order valence-electron chi connectivity index (χ1n) is 11.6. The Morgan fingerprint density at radius 1 is 1.06 bits per heavy atom. The summed E-state index contributed by atoms with van der Waals surface area (Å²) in [5.74, 6) is -0.407. The van der Waals surface area contributed by atoms with E-state index >= 15 is 0 Å². The number of allylic oxidation sites excluding steroid dienone is 1. The van der Waals surface area contributed by atoms with Gasteiger partial charge < -0.3 is 10.0 Å². The molecule has 0 saturated heterocycles. The molecule has 1 N–H and O–H groups in total. The second-order valence-electron chi connectivity index (χ2n) is 8.28. The second kappa shape index (κ2) is 12.0. The molecular weight excluding hydrogens is 408 g/mol. The minimum absolute atomic E-state index is 0.312. The van der Waals surface area contributed by atoms with E-state index in [1.807, 2.05) is 51.2 Å². The van der Waals surface area contributed by atoms with Crippen LogP contribution in [0, 0.1) is 6.92 Å². The summed E-state index contributed by atoms with van der Waals surface area (Å²) in [6, 6.07) is 18.0. The number of carboxylic acid groups (broad SMARTS) is 1. The molecule has 4 nitrogen and oxygen atoms in total. The summed E-state index contributed by atoms with van der Waals surface area (Å²) in [4.78, 5) is 17.2. The Bertz CT molecular complexity index is 1060. The average Bonchev–Trinajstić information content (AvgIpc) is 2.81. The lowest BCUT2D eigenvalue weighted by Gasteiger charge is -2.40. The molecule has 0 saturated carbocycles. The van der Waals surface area contributed by atoms with Crippen LogP contribution in [0.2, 0.25) is 0 Å². The third-order valence-corrected chi connectivity index (χ3v) is 5.64. The van der Waals surface area contributed by atoms with E-state index in [1.165, 1.54) is 16.8 Å². The Labute approximate surface area is 198 Å². The van der Waals surface area contributed by atoms with E-state index < -0.39 is 5.97 Å². The van der Waals surface area contributed by atoms with Crippen molar-refractivity contribution in [1.29, 1.82) is 0 Å². The number of carboxylic acids is 1. The molecule has 2 heterocycles. The lowest BCUT2D eigenvalue weighted by atomic mass is 9.85. The largest absolute Gasteiger partial charge is 0.478 e. The highest BCUT2D eigenvalue weighted by atomic mass is 16.4. The molecule has 4 rings (SSSR count). The van der Waals surface area contributed by atoms with Crippen LogP contribution in [0.1, 0.15) is 68.4 Å². The standard InChI is InChI=1S/C21H23NO2.C6H7N.C2H6/c1-13(2)22-15(4)11-14(3)19-12-18(9-10-20(19)22)16-5-7-17(8-6-16)21(23)24;1-6-3-2-4-7-5-6;1-2/h5-10,12,14-15H,1,11H2,2-4H3,(H,23,24);2-5H,1H3;1-2H3. The van der Waals surface area contributed by atoms with Gasteiger partial charge in [-0.3, -0.25) is 4.98 Å². The maximum absolute atomic E-state index is 11.0. The summed E-state index contributed by atoms with van der Waals surface area (Å²) in [5, 5.41) is 9.03. The molecule has 1 aromatic heterocycles. The first-order chi connectivity index (χ1) is 15.8. The van der Waals surface area contributed by atoms with Crippen molar-refractivity contribution in [3.63, 3.8) is 0 Å². The number of aromatic nitrogens is 1. The van der Waals surface area contributed by atoms with E-state index in [9.17, 15) is 4.79 Å². The highest BCUT2D eigenvalue weighted by molar-refractivity contribution is 5.88. The number of benzene rings is 2. The molecule has 3 aromatic rings. The first-order valence-corrected chi connectivity index (χ1v) is 11.6. The third kappa shape index (κ3) is 6.55. The number of aromatic carboxylic acids is 1. The van der Waals surface area contributed by atoms with Crippen LogP contribution in [0.25, 0.3) is 11.1 Å². The van der Waals surface area contributed by atoms with Gasteiger partial charge >= 0.3 is 5.97 Å². The summed E-state index contributed by atoms with van der Waals surface area (Å²) in [7, 11) is 0. The minimum Gasteiger partial charge on any atom is -0.478 e. The fourth-order valence-electron chi connectivity index (χ4n) is 4.16. The van der Waals surface area contributed by atoms with Crippen molar-refractivity contribution < 1.29 is 9.90 Å². The van der Waals surface area contributed by atoms with E-state index in [2.05, 4.69) is 55.4 Å². The van der Waals surface area contributed by atoms with E-state index in [0.29, 0.717) is 17.5 Å². The molecule has 2 atom stereocenters. The van der Waals surface area contributed by atoms with Crippen molar-refractivity contribution in [2.45, 2.75) is 59.9 Å². The second-order valence-corrected chi connectivity index (χ2v) is 8.28. The van der Waals surface area contributed by atoms with Crippen LogP contribution in [-0.2, 0) is 0 Å². The van der Waals surface area contributed by atoms with E-state index in [1.54, 1.807) is 18.3 Å². The topological polar surface area (TPSA) is 53.4 Å². The number of hydrogen-bond donors (Lipinski definition) is 1. The summed E-state index contributed by atoms with van der Waals surface area (Å²) in [6.45, 7) is 16.7. The maximum atomic E-state index is 11.0. The Balaban J connectivity index is 0.000000362. The molecular formula is C29H36N2O2. The number of fused-ring (bicyclic) bond motifs is 1. The zero-order valence-corrected chi connectivity index (χ0v) is 20.7. The quantitative estimate of drug-likeness (QED) is 0.449. The van der Waals surface area contributed by atoms with Gasteiger partial charge in [0, 0.05) is 29.8 Å². The molecule has 2 unspecified atom stereocenters. The third-order valence-electron chi connectivity index (χ3n) is 5.64. The SMILES string of the molecule is C=C(C)N1c2ccc(-c3ccc(C(=O)O)cc3)cc2C(C)CC1C.CC.Cc1cccnc1. The van der Waals surface area contributed by atoms with Crippen molar-refractivity contribution >= 4 is 11.7 Å². The van der Waals surface area contributed by atoms with Gasteiger partial charge in [-0.25, -0.2) is 4.79 Å². The monoisotopic (exact) mass is 444 g/mol. The molecule has 2 aromatic carbocycles. The number of rotatable bonds is 3. The zero-order valence-electron chi connectivity index (χ0n) is 20.7. The number of aryl methyl sites for hydroxylation is 1. The van der Waals surface area contributed by atoms with Crippen LogP contribution >= 0.6 is 0 Å². The van der Waals surface area contributed by atoms with E-state index in [-0.39, 0.29) is 0 Å². The van der Waals surface area contributed by atoms with Crippen molar-refractivity contribution in [3.05, 3.63) is 96.0 Å². The van der Waals surface area contributed by atoms with Gasteiger partial charge in [-0.05, 0) is 85.7 Å². The van der Waals surface area contributed by atoms with Gasteiger partial charge in [0.1, 0.15) is 0 Å². The summed E-state index contributed by atoms with van der Waals surface area (Å²) >= 11 is 0. The number of anilines is 1. The van der Waals surface area contributed by atoms with Gasteiger partial charge in [0.05, 0.1) is 5.56 Å². The summed E-state index contributed by atoms with van der Waals surface area (Å²) < 4.78 is 0. The fourth-order valence-corrected chi connectivity index (χ4v) is 4.16. The molecule has 4 heteroatoms. The molecule has 1 aliphatic rings. The van der Waals surface area contributed by atoms with Gasteiger partial charge in [-0.15, -0.1) is 0 Å². The van der Waals surface area contributed by atoms with Crippen LogP contribution in [-0.4, -0.2) is 22.1 Å². The Morgan fingerprint density at radius 2 is 1.70 bits per heavy atom. The lowest BCUT2D eigenvalue weighted by molar-refractivity contribution is 0.0697. The highest BCUT2D eigenvalue weighted by Crippen LogP contribution is 2.41. The Morgan fingerprint density at radius 3 is 2.18 bits per heavy atom. The summed E-state index contributed by atoms with van der Waals surface area (Å²) in [6.07, 6.45) is 4.70. The molecule has 0 amide bonds. The van der Waals surface area contributed by atoms with Crippen LogP contribution < -0.4 is 4.90 Å². The van der Waals surface area contributed by atoms with Crippen LogP contribution in [0.4, 0.5) is 5.69 Å². The smallest absolute Gasteiger partial charge is 0.335 e. The number of hydrogen-bond acceptors (Lipinski definition) is 3. The number of carbonyl (C=O) groups is 1. The Kier molecular flexibility index (Phi) is 9.41. The molecule has 0 bridgehead atoms. The van der Waals surface area contributed by atoms with Gasteiger partial charge in [0.15, 0.2) is 0 Å². The summed E-state index contributed by atoms with van der Waals surface area (Å²) in [5.41, 5.74) is 7.31. The molecule has 33 heavy (non-hydrogen) atoms. The Hall–Kier alpha value is -3.40. The molecule has 0 radical (unpaired) electrons. The lowest BCUT2D eigenvalue weighted by Crippen LogP contribution is -2.36. The molecule has 0 fully saturated rings. The molecule has 0 spiro atoms. The van der Waals surface area contributed by atoms with Crippen molar-refractivity contribution in [2.24, 2.45) is 0 Å². The minimum atomic E-state index is -0.897. The van der Waals surface area contributed by atoms with Crippen LogP contribution in [0.5, 0.6) is 0 Å². The van der Waals surface area contributed by atoms with Crippen molar-refractivity contribution in [1.82, 2.24) is 4.98 Å².